The Labute approximate surface area is 112 Å². The zero-order valence-electron chi connectivity index (χ0n) is 11.0. The van der Waals surface area contributed by atoms with Crippen LogP contribution in [0.3, 0.4) is 0 Å². The highest BCUT2D eigenvalue weighted by atomic mass is 16.4. The maximum absolute atomic E-state index is 12.1. The number of piperidine rings is 1. The number of furan rings is 1. The average Bonchev–Trinajstić information content (AvgIpc) is 2.88. The van der Waals surface area contributed by atoms with Crippen LogP contribution in [0.1, 0.15) is 31.9 Å². The standard InChI is InChI=1S/C14H19NO4/c1-10-6-7-15(12(9-10)14(17)18)13(16)5-4-11-3-2-8-19-11/h2-3,8,10,12H,4-7,9H2,1H3,(H,17,18). The maximum atomic E-state index is 12.1. The number of carbonyl (C=O) groups excluding carboxylic acids is 1. The topological polar surface area (TPSA) is 70.8 Å². The van der Waals surface area contributed by atoms with E-state index in [-0.39, 0.29) is 5.91 Å². The van der Waals surface area contributed by atoms with E-state index in [1.54, 1.807) is 12.3 Å². The van der Waals surface area contributed by atoms with Crippen LogP contribution in [-0.2, 0) is 16.0 Å². The van der Waals surface area contributed by atoms with Gasteiger partial charge in [0.15, 0.2) is 0 Å². The van der Waals surface area contributed by atoms with E-state index in [4.69, 9.17) is 4.42 Å². The third-order valence-corrected chi connectivity index (χ3v) is 3.64. The van der Waals surface area contributed by atoms with E-state index in [2.05, 4.69) is 0 Å². The van der Waals surface area contributed by atoms with E-state index >= 15 is 0 Å². The normalized spacial score (nSPS) is 23.3. The minimum Gasteiger partial charge on any atom is -0.480 e. The van der Waals surface area contributed by atoms with Crippen molar-refractivity contribution in [2.45, 2.75) is 38.6 Å². The van der Waals surface area contributed by atoms with Crippen molar-refractivity contribution in [1.82, 2.24) is 4.90 Å². The van der Waals surface area contributed by atoms with Crippen LogP contribution < -0.4 is 0 Å². The van der Waals surface area contributed by atoms with Crippen LogP contribution in [0.15, 0.2) is 22.8 Å². The number of carboxylic acid groups (broad SMARTS) is 1. The van der Waals surface area contributed by atoms with Crippen molar-refractivity contribution in [1.29, 1.82) is 0 Å². The second-order valence-electron chi connectivity index (χ2n) is 5.15. The summed E-state index contributed by atoms with van der Waals surface area (Å²) in [5.74, 6) is 0.106. The molecule has 104 valence electrons. The fourth-order valence-electron chi connectivity index (χ4n) is 2.50. The van der Waals surface area contributed by atoms with Gasteiger partial charge in [0.2, 0.25) is 5.91 Å². The van der Waals surface area contributed by atoms with Crippen LogP contribution in [-0.4, -0.2) is 34.5 Å². The summed E-state index contributed by atoms with van der Waals surface area (Å²) in [5.41, 5.74) is 0. The molecule has 1 saturated heterocycles. The Morgan fingerprint density at radius 2 is 2.32 bits per heavy atom. The van der Waals surface area contributed by atoms with E-state index in [9.17, 15) is 14.7 Å². The lowest BCUT2D eigenvalue weighted by Gasteiger charge is -2.36. The third kappa shape index (κ3) is 3.36. The average molecular weight is 265 g/mol. The Kier molecular flexibility index (Phi) is 4.24. The van der Waals surface area contributed by atoms with Gasteiger partial charge in [0, 0.05) is 19.4 Å². The summed E-state index contributed by atoms with van der Waals surface area (Å²) in [4.78, 5) is 24.9. The van der Waals surface area contributed by atoms with Gasteiger partial charge in [-0.1, -0.05) is 6.92 Å². The number of carbonyl (C=O) groups is 2. The van der Waals surface area contributed by atoms with Crippen molar-refractivity contribution < 1.29 is 19.1 Å². The number of likely N-dealkylation sites (tertiary alicyclic amines) is 1. The first kappa shape index (κ1) is 13.6. The highest BCUT2D eigenvalue weighted by Crippen LogP contribution is 2.23. The van der Waals surface area contributed by atoms with Crippen molar-refractivity contribution in [3.63, 3.8) is 0 Å². The van der Waals surface area contributed by atoms with Crippen LogP contribution in [0, 0.1) is 5.92 Å². The molecule has 19 heavy (non-hydrogen) atoms. The predicted octanol–water partition coefficient (Wildman–Crippen LogP) is 1.92. The number of aliphatic carboxylic acids is 1. The molecule has 2 rings (SSSR count). The molecule has 2 atom stereocenters. The Bertz CT molecular complexity index is 440. The summed E-state index contributed by atoms with van der Waals surface area (Å²) in [7, 11) is 0. The molecule has 5 heteroatoms. The Balaban J connectivity index is 1.94. The van der Waals surface area contributed by atoms with Gasteiger partial charge in [0.05, 0.1) is 6.26 Å². The van der Waals surface area contributed by atoms with Gasteiger partial charge < -0.3 is 14.4 Å². The van der Waals surface area contributed by atoms with Crippen molar-refractivity contribution >= 4 is 11.9 Å². The molecule has 0 spiro atoms. The monoisotopic (exact) mass is 265 g/mol. The smallest absolute Gasteiger partial charge is 0.326 e. The largest absolute Gasteiger partial charge is 0.480 e. The van der Waals surface area contributed by atoms with E-state index in [1.165, 1.54) is 4.90 Å². The molecular formula is C14H19NO4. The number of hydrogen-bond acceptors (Lipinski definition) is 3. The van der Waals surface area contributed by atoms with Gasteiger partial charge in [-0.3, -0.25) is 4.79 Å². The molecule has 1 amide bonds. The molecule has 1 aliphatic rings. The molecule has 1 aliphatic heterocycles. The van der Waals surface area contributed by atoms with Crippen LogP contribution in [0.5, 0.6) is 0 Å². The molecule has 1 aromatic heterocycles. The first-order chi connectivity index (χ1) is 9.08. The lowest BCUT2D eigenvalue weighted by molar-refractivity contribution is -0.153. The molecule has 2 unspecified atom stereocenters. The Morgan fingerprint density at radius 3 is 2.95 bits per heavy atom. The fraction of sp³-hybridized carbons (Fsp3) is 0.571. The summed E-state index contributed by atoms with van der Waals surface area (Å²) in [6.45, 7) is 2.57. The number of amides is 1. The molecule has 0 saturated carbocycles. The van der Waals surface area contributed by atoms with Crippen LogP contribution in [0.4, 0.5) is 0 Å². The summed E-state index contributed by atoms with van der Waals surface area (Å²) < 4.78 is 5.18. The maximum Gasteiger partial charge on any atom is 0.326 e. The van der Waals surface area contributed by atoms with Gasteiger partial charge in [0.25, 0.3) is 0 Å². The summed E-state index contributed by atoms with van der Waals surface area (Å²) in [6, 6.07) is 2.93. The van der Waals surface area contributed by atoms with E-state index in [1.807, 2.05) is 13.0 Å². The third-order valence-electron chi connectivity index (χ3n) is 3.64. The molecule has 1 fully saturated rings. The van der Waals surface area contributed by atoms with E-state index < -0.39 is 12.0 Å². The van der Waals surface area contributed by atoms with Crippen LogP contribution in [0.2, 0.25) is 0 Å². The van der Waals surface area contributed by atoms with Gasteiger partial charge >= 0.3 is 5.97 Å². The SMILES string of the molecule is CC1CCN(C(=O)CCc2ccco2)C(C(=O)O)C1. The van der Waals surface area contributed by atoms with Gasteiger partial charge in [-0.25, -0.2) is 4.79 Å². The predicted molar refractivity (Wildman–Crippen MR) is 68.6 cm³/mol. The minimum atomic E-state index is -0.905. The van der Waals surface area contributed by atoms with Crippen LogP contribution in [0.25, 0.3) is 0 Å². The van der Waals surface area contributed by atoms with Gasteiger partial charge in [0.1, 0.15) is 11.8 Å². The van der Waals surface area contributed by atoms with Crippen molar-refractivity contribution in [2.75, 3.05) is 6.54 Å². The number of aryl methyl sites for hydroxylation is 1. The molecule has 5 nitrogen and oxygen atoms in total. The molecule has 1 aromatic rings. The first-order valence-electron chi connectivity index (χ1n) is 6.62. The lowest BCUT2D eigenvalue weighted by atomic mass is 9.92. The second-order valence-corrected chi connectivity index (χ2v) is 5.15. The fourth-order valence-corrected chi connectivity index (χ4v) is 2.50. The Hall–Kier alpha value is -1.78. The number of carboxylic acids is 1. The molecule has 2 heterocycles. The quantitative estimate of drug-likeness (QED) is 0.903. The second kappa shape index (κ2) is 5.91. The summed E-state index contributed by atoms with van der Waals surface area (Å²) in [5, 5.41) is 9.22. The molecule has 0 aromatic carbocycles. The molecule has 0 radical (unpaired) electrons. The van der Waals surface area contributed by atoms with Gasteiger partial charge in [-0.05, 0) is 30.9 Å². The summed E-state index contributed by atoms with van der Waals surface area (Å²) in [6.07, 6.45) is 3.80. The van der Waals surface area contributed by atoms with E-state index in [0.717, 1.165) is 12.2 Å². The highest BCUT2D eigenvalue weighted by molar-refractivity contribution is 5.84. The Morgan fingerprint density at radius 1 is 1.53 bits per heavy atom. The molecule has 1 N–H and O–H groups in total. The molecule has 0 aliphatic carbocycles. The lowest BCUT2D eigenvalue weighted by Crippen LogP contribution is -2.49. The minimum absolute atomic E-state index is 0.101. The molecule has 0 bridgehead atoms. The first-order valence-corrected chi connectivity index (χ1v) is 6.62. The highest BCUT2D eigenvalue weighted by Gasteiger charge is 2.34. The van der Waals surface area contributed by atoms with E-state index in [0.29, 0.717) is 31.7 Å². The molecular weight excluding hydrogens is 246 g/mol. The summed E-state index contributed by atoms with van der Waals surface area (Å²) >= 11 is 0. The number of hydrogen-bond donors (Lipinski definition) is 1. The van der Waals surface area contributed by atoms with Crippen molar-refractivity contribution in [2.24, 2.45) is 5.92 Å². The zero-order valence-corrected chi connectivity index (χ0v) is 11.0. The van der Waals surface area contributed by atoms with Gasteiger partial charge in [-0.15, -0.1) is 0 Å². The van der Waals surface area contributed by atoms with Crippen molar-refractivity contribution in [3.05, 3.63) is 24.2 Å². The zero-order chi connectivity index (χ0) is 13.8. The number of rotatable bonds is 4. The van der Waals surface area contributed by atoms with Gasteiger partial charge in [-0.2, -0.15) is 0 Å². The number of nitrogens with zero attached hydrogens (tertiary/aromatic N) is 1. The van der Waals surface area contributed by atoms with Crippen molar-refractivity contribution in [3.8, 4) is 0 Å². The van der Waals surface area contributed by atoms with Crippen LogP contribution >= 0.6 is 0 Å².